The number of pyridine rings is 1. The lowest BCUT2D eigenvalue weighted by Crippen LogP contribution is -2.03. The molecular weight excluding hydrogens is 304 g/mol. The van der Waals surface area contributed by atoms with Gasteiger partial charge >= 0.3 is 0 Å². The number of fused-ring (bicyclic) bond motifs is 1. The fourth-order valence-corrected chi connectivity index (χ4v) is 3.56. The number of hydrogen-bond donors (Lipinski definition) is 1. The molecule has 1 aliphatic heterocycles. The van der Waals surface area contributed by atoms with E-state index in [0.29, 0.717) is 6.61 Å². The topological polar surface area (TPSA) is 81.5 Å². The maximum Gasteiger partial charge on any atom is 0.184 e. The molecule has 1 fully saturated rings. The number of aromatic amines is 1. The second-order valence-corrected chi connectivity index (χ2v) is 6.36. The van der Waals surface area contributed by atoms with Crippen molar-refractivity contribution in [1.82, 2.24) is 29.9 Å². The Hall–Kier alpha value is -2.54. The molecule has 1 atom stereocenters. The molecule has 0 unspecified atom stereocenters. The normalized spacial score (nSPS) is 19.8. The van der Waals surface area contributed by atoms with Crippen LogP contribution in [-0.4, -0.2) is 43.2 Å². The first kappa shape index (κ1) is 13.9. The Balaban J connectivity index is 1.66. The van der Waals surface area contributed by atoms with Crippen LogP contribution in [0.5, 0.6) is 0 Å². The van der Waals surface area contributed by atoms with E-state index in [4.69, 9.17) is 14.8 Å². The first-order valence-electron chi connectivity index (χ1n) is 8.42. The Morgan fingerprint density at radius 1 is 1.29 bits per heavy atom. The van der Waals surface area contributed by atoms with Crippen LogP contribution >= 0.6 is 0 Å². The van der Waals surface area contributed by atoms with E-state index in [1.54, 1.807) is 12.4 Å². The standard InChI is InChI=1S/C17H18N6O/c1-4-13-14(5-1)20-21-15(13)17-19-16(11-6-8-24-10-11)22-23(17)12-3-2-7-18-9-12/h2-3,7,9,11H,1,4-6,8,10H2,(H,20,21)/t11-/m0/s1. The highest BCUT2D eigenvalue weighted by molar-refractivity contribution is 5.60. The molecule has 122 valence electrons. The Morgan fingerprint density at radius 2 is 2.29 bits per heavy atom. The van der Waals surface area contributed by atoms with E-state index in [0.717, 1.165) is 48.9 Å². The molecule has 3 aromatic heterocycles. The third kappa shape index (κ3) is 2.16. The minimum atomic E-state index is 0.258. The highest BCUT2D eigenvalue weighted by atomic mass is 16.5. The van der Waals surface area contributed by atoms with Crippen molar-refractivity contribution in [2.45, 2.75) is 31.6 Å². The number of ether oxygens (including phenoxy) is 1. The summed E-state index contributed by atoms with van der Waals surface area (Å²) in [5.41, 5.74) is 4.34. The van der Waals surface area contributed by atoms with E-state index >= 15 is 0 Å². The van der Waals surface area contributed by atoms with Crippen LogP contribution in [0.1, 0.15) is 35.8 Å². The number of nitrogens with one attached hydrogen (secondary N) is 1. The van der Waals surface area contributed by atoms with Crippen molar-refractivity contribution >= 4 is 0 Å². The van der Waals surface area contributed by atoms with E-state index < -0.39 is 0 Å². The molecule has 0 aromatic carbocycles. The van der Waals surface area contributed by atoms with Crippen molar-refractivity contribution in [2.75, 3.05) is 13.2 Å². The number of H-pyrrole nitrogens is 1. The number of nitrogens with zero attached hydrogens (tertiary/aromatic N) is 5. The third-order valence-electron chi connectivity index (χ3n) is 4.83. The van der Waals surface area contributed by atoms with Crippen molar-refractivity contribution < 1.29 is 4.74 Å². The summed E-state index contributed by atoms with van der Waals surface area (Å²) in [7, 11) is 0. The molecule has 0 spiro atoms. The second kappa shape index (κ2) is 5.52. The van der Waals surface area contributed by atoms with Crippen molar-refractivity contribution in [3.05, 3.63) is 41.6 Å². The van der Waals surface area contributed by atoms with Crippen molar-refractivity contribution in [2.24, 2.45) is 0 Å². The minimum absolute atomic E-state index is 0.258. The molecule has 0 bridgehead atoms. The summed E-state index contributed by atoms with van der Waals surface area (Å²) in [5.74, 6) is 1.89. The average molecular weight is 322 g/mol. The van der Waals surface area contributed by atoms with Gasteiger partial charge in [0.1, 0.15) is 5.69 Å². The largest absolute Gasteiger partial charge is 0.381 e. The summed E-state index contributed by atoms with van der Waals surface area (Å²) < 4.78 is 7.38. The number of aromatic nitrogens is 6. The van der Waals surface area contributed by atoms with Gasteiger partial charge in [-0.25, -0.2) is 9.67 Å². The molecule has 7 nitrogen and oxygen atoms in total. The predicted octanol–water partition coefficient (Wildman–Crippen LogP) is 2.04. The third-order valence-corrected chi connectivity index (χ3v) is 4.83. The van der Waals surface area contributed by atoms with E-state index in [1.165, 1.54) is 17.7 Å². The number of aryl methyl sites for hydroxylation is 1. The SMILES string of the molecule is c1cncc(-n2nc([C@H]3CCOC3)nc2-c2n[nH]c3c2CCC3)c1. The van der Waals surface area contributed by atoms with Crippen molar-refractivity contribution in [3.8, 4) is 17.2 Å². The molecule has 4 heterocycles. The van der Waals surface area contributed by atoms with Gasteiger partial charge in [-0.1, -0.05) is 0 Å². The number of hydrogen-bond acceptors (Lipinski definition) is 5. The summed E-state index contributed by atoms with van der Waals surface area (Å²) in [4.78, 5) is 9.07. The van der Waals surface area contributed by atoms with Gasteiger partial charge in [-0.2, -0.15) is 10.2 Å². The molecule has 0 saturated carbocycles. The fraction of sp³-hybridized carbons (Fsp3) is 0.412. The van der Waals surface area contributed by atoms with Crippen LogP contribution < -0.4 is 0 Å². The first-order valence-corrected chi connectivity index (χ1v) is 8.42. The lowest BCUT2D eigenvalue weighted by atomic mass is 10.1. The second-order valence-electron chi connectivity index (χ2n) is 6.36. The van der Waals surface area contributed by atoms with Gasteiger partial charge in [0.2, 0.25) is 0 Å². The lowest BCUT2D eigenvalue weighted by Gasteiger charge is -2.04. The summed E-state index contributed by atoms with van der Waals surface area (Å²) >= 11 is 0. The maximum atomic E-state index is 5.51. The van der Waals surface area contributed by atoms with Crippen LogP contribution in [0.4, 0.5) is 0 Å². The van der Waals surface area contributed by atoms with E-state index in [1.807, 2.05) is 16.8 Å². The molecule has 1 N–H and O–H groups in total. The summed E-state index contributed by atoms with van der Waals surface area (Å²) in [6, 6.07) is 3.90. The molecule has 3 aromatic rings. The van der Waals surface area contributed by atoms with Crippen LogP contribution in [0.25, 0.3) is 17.2 Å². The van der Waals surface area contributed by atoms with Crippen molar-refractivity contribution in [3.63, 3.8) is 0 Å². The molecule has 7 heteroatoms. The molecule has 1 aliphatic carbocycles. The zero-order valence-electron chi connectivity index (χ0n) is 13.3. The minimum Gasteiger partial charge on any atom is -0.381 e. The zero-order chi connectivity index (χ0) is 15.9. The van der Waals surface area contributed by atoms with Crippen LogP contribution in [0.2, 0.25) is 0 Å². The Morgan fingerprint density at radius 3 is 3.12 bits per heavy atom. The summed E-state index contributed by atoms with van der Waals surface area (Å²) in [5, 5.41) is 12.5. The Labute approximate surface area is 139 Å². The Kier molecular flexibility index (Phi) is 3.19. The lowest BCUT2D eigenvalue weighted by molar-refractivity contribution is 0.193. The molecule has 24 heavy (non-hydrogen) atoms. The van der Waals surface area contributed by atoms with Crippen molar-refractivity contribution in [1.29, 1.82) is 0 Å². The van der Waals surface area contributed by atoms with Gasteiger partial charge in [-0.15, -0.1) is 0 Å². The maximum absolute atomic E-state index is 5.51. The fourth-order valence-electron chi connectivity index (χ4n) is 3.56. The molecule has 2 aliphatic rings. The first-order chi connectivity index (χ1) is 11.9. The van der Waals surface area contributed by atoms with Gasteiger partial charge in [0, 0.05) is 30.0 Å². The van der Waals surface area contributed by atoms with Crippen LogP contribution in [-0.2, 0) is 17.6 Å². The average Bonchev–Trinajstić information content (AvgIpc) is 3.37. The van der Waals surface area contributed by atoms with E-state index in [2.05, 4.69) is 15.2 Å². The van der Waals surface area contributed by atoms with Gasteiger partial charge in [0.25, 0.3) is 0 Å². The van der Waals surface area contributed by atoms with Crippen LogP contribution in [0.3, 0.4) is 0 Å². The number of rotatable bonds is 3. The molecule has 5 rings (SSSR count). The molecular formula is C17H18N6O. The van der Waals surface area contributed by atoms with Gasteiger partial charge in [-0.05, 0) is 37.8 Å². The van der Waals surface area contributed by atoms with Crippen LogP contribution in [0, 0.1) is 0 Å². The van der Waals surface area contributed by atoms with Gasteiger partial charge in [0.05, 0.1) is 18.5 Å². The highest BCUT2D eigenvalue weighted by Crippen LogP contribution is 2.32. The molecule has 0 amide bonds. The smallest absolute Gasteiger partial charge is 0.184 e. The molecule has 0 radical (unpaired) electrons. The quantitative estimate of drug-likeness (QED) is 0.798. The molecule has 1 saturated heterocycles. The van der Waals surface area contributed by atoms with E-state index in [-0.39, 0.29) is 5.92 Å². The Bertz CT molecular complexity index is 863. The monoisotopic (exact) mass is 322 g/mol. The zero-order valence-corrected chi connectivity index (χ0v) is 13.3. The van der Waals surface area contributed by atoms with Gasteiger partial charge < -0.3 is 4.74 Å². The van der Waals surface area contributed by atoms with Gasteiger partial charge in [-0.3, -0.25) is 10.1 Å². The van der Waals surface area contributed by atoms with Gasteiger partial charge in [0.15, 0.2) is 11.6 Å². The summed E-state index contributed by atoms with van der Waals surface area (Å²) in [6.45, 7) is 1.47. The summed E-state index contributed by atoms with van der Waals surface area (Å²) in [6.07, 6.45) is 7.81. The van der Waals surface area contributed by atoms with Crippen LogP contribution in [0.15, 0.2) is 24.5 Å². The highest BCUT2D eigenvalue weighted by Gasteiger charge is 2.28. The predicted molar refractivity (Wildman–Crippen MR) is 86.9 cm³/mol. The van der Waals surface area contributed by atoms with E-state index in [9.17, 15) is 0 Å².